The van der Waals surface area contributed by atoms with Crippen molar-refractivity contribution in [1.29, 1.82) is 0 Å². The fourth-order valence-electron chi connectivity index (χ4n) is 5.30. The number of nitrogens with one attached hydrogen (secondary N) is 2. The Kier molecular flexibility index (Phi) is 7.41. The second kappa shape index (κ2) is 10.7. The van der Waals surface area contributed by atoms with Gasteiger partial charge in [0.05, 0.1) is 5.69 Å². The zero-order valence-electron chi connectivity index (χ0n) is 19.8. The van der Waals surface area contributed by atoms with Gasteiger partial charge in [0.2, 0.25) is 0 Å². The third kappa shape index (κ3) is 5.55. The first kappa shape index (κ1) is 24.3. The number of carbonyl (C=O) groups is 1. The topological polar surface area (TPSA) is 83.3 Å². The predicted octanol–water partition coefficient (Wildman–Crippen LogP) is 6.01. The second-order valence-electron chi connectivity index (χ2n) is 9.63. The molecular formula is C27H32BrN5OS. The number of thiazole rings is 1. The number of hydrogen-bond donors (Lipinski definition) is 3. The van der Waals surface area contributed by atoms with Crippen LogP contribution in [0.5, 0.6) is 0 Å². The highest BCUT2D eigenvalue weighted by Crippen LogP contribution is 2.47. The van der Waals surface area contributed by atoms with Crippen LogP contribution in [0.25, 0.3) is 0 Å². The average molecular weight is 555 g/mol. The maximum atomic E-state index is 12.6. The van der Waals surface area contributed by atoms with Crippen LogP contribution >= 0.6 is 27.3 Å². The van der Waals surface area contributed by atoms with Crippen molar-refractivity contribution in [3.8, 4) is 0 Å². The standard InChI is InChI=1S/C27H32BrN5OS/c28-21-7-5-20(6-8-21)27(13-1-2-14-27)24-18-35-26(31-24)32-25(34)30-17-19-3-9-23(10-4-19)33-15-11-22(29)12-16-33/h3-10,18,22H,1-2,11-17,29H2,(H2,30,31,32,34). The number of hydrogen-bond acceptors (Lipinski definition) is 5. The van der Waals surface area contributed by atoms with E-state index in [1.54, 1.807) is 0 Å². The first-order valence-electron chi connectivity index (χ1n) is 12.4. The van der Waals surface area contributed by atoms with E-state index in [9.17, 15) is 4.79 Å². The zero-order valence-corrected chi connectivity index (χ0v) is 22.2. The summed E-state index contributed by atoms with van der Waals surface area (Å²) in [5.74, 6) is 0. The first-order valence-corrected chi connectivity index (χ1v) is 14.1. The van der Waals surface area contributed by atoms with E-state index in [2.05, 4.69) is 85.4 Å². The van der Waals surface area contributed by atoms with Crippen LogP contribution < -0.4 is 21.3 Å². The van der Waals surface area contributed by atoms with Crippen LogP contribution in [-0.4, -0.2) is 30.1 Å². The highest BCUT2D eigenvalue weighted by molar-refractivity contribution is 9.10. The van der Waals surface area contributed by atoms with Crippen molar-refractivity contribution in [2.45, 2.75) is 56.5 Å². The quantitative estimate of drug-likeness (QED) is 0.348. The van der Waals surface area contributed by atoms with Gasteiger partial charge in [-0.1, -0.05) is 53.0 Å². The minimum absolute atomic E-state index is 0.0607. The molecule has 1 aliphatic heterocycles. The molecule has 1 saturated carbocycles. The van der Waals surface area contributed by atoms with Crippen molar-refractivity contribution in [3.05, 3.63) is 75.2 Å². The molecule has 5 rings (SSSR count). The number of piperidine rings is 1. The van der Waals surface area contributed by atoms with Gasteiger partial charge in [0.25, 0.3) is 0 Å². The SMILES string of the molecule is NC1CCN(c2ccc(CNC(=O)Nc3nc(C4(c5ccc(Br)cc5)CCCC4)cs3)cc2)CC1. The fourth-order valence-corrected chi connectivity index (χ4v) is 6.37. The van der Waals surface area contributed by atoms with E-state index in [-0.39, 0.29) is 11.4 Å². The van der Waals surface area contributed by atoms with Gasteiger partial charge in [0.1, 0.15) is 0 Å². The van der Waals surface area contributed by atoms with Crippen LogP contribution in [0.15, 0.2) is 58.4 Å². The number of carbonyl (C=O) groups excluding carboxylic acids is 1. The number of urea groups is 1. The molecule has 6 nitrogen and oxygen atoms in total. The summed E-state index contributed by atoms with van der Waals surface area (Å²) in [5.41, 5.74) is 10.6. The Morgan fingerprint density at radius 2 is 1.77 bits per heavy atom. The molecule has 0 atom stereocenters. The third-order valence-corrected chi connectivity index (χ3v) is 8.65. The van der Waals surface area contributed by atoms with Crippen LogP contribution in [0, 0.1) is 0 Å². The molecule has 0 spiro atoms. The Bertz CT molecular complexity index is 1130. The minimum Gasteiger partial charge on any atom is -0.371 e. The van der Waals surface area contributed by atoms with E-state index in [0.717, 1.165) is 54.5 Å². The second-order valence-corrected chi connectivity index (χ2v) is 11.4. The monoisotopic (exact) mass is 553 g/mol. The largest absolute Gasteiger partial charge is 0.371 e. The molecule has 1 aromatic heterocycles. The van der Waals surface area contributed by atoms with Crippen molar-refractivity contribution in [1.82, 2.24) is 10.3 Å². The molecule has 1 aliphatic carbocycles. The highest BCUT2D eigenvalue weighted by Gasteiger charge is 2.39. The molecule has 35 heavy (non-hydrogen) atoms. The van der Waals surface area contributed by atoms with Gasteiger partial charge in [0, 0.05) is 46.6 Å². The van der Waals surface area contributed by atoms with E-state index in [0.29, 0.717) is 17.7 Å². The smallest absolute Gasteiger partial charge is 0.321 e. The lowest BCUT2D eigenvalue weighted by Crippen LogP contribution is -2.39. The van der Waals surface area contributed by atoms with Crippen LogP contribution in [0.2, 0.25) is 0 Å². The molecule has 2 aromatic carbocycles. The minimum atomic E-state index is -0.232. The van der Waals surface area contributed by atoms with Crippen molar-refractivity contribution >= 4 is 44.1 Å². The summed E-state index contributed by atoms with van der Waals surface area (Å²) in [5, 5.41) is 8.64. The van der Waals surface area contributed by atoms with Gasteiger partial charge >= 0.3 is 6.03 Å². The summed E-state index contributed by atoms with van der Waals surface area (Å²) < 4.78 is 1.08. The van der Waals surface area contributed by atoms with Crippen molar-refractivity contribution in [2.24, 2.45) is 5.73 Å². The zero-order chi connectivity index (χ0) is 24.3. The molecule has 4 N–H and O–H groups in total. The maximum Gasteiger partial charge on any atom is 0.321 e. The Hall–Kier alpha value is -2.42. The normalized spacial score (nSPS) is 17.9. The number of nitrogens with two attached hydrogens (primary N) is 1. The van der Waals surface area contributed by atoms with E-state index < -0.39 is 0 Å². The number of anilines is 2. The molecule has 2 heterocycles. The molecule has 184 valence electrons. The van der Waals surface area contributed by atoms with E-state index in [4.69, 9.17) is 10.7 Å². The molecule has 0 bridgehead atoms. The van der Waals surface area contributed by atoms with Crippen LogP contribution in [0.1, 0.15) is 55.3 Å². The van der Waals surface area contributed by atoms with Gasteiger partial charge in [-0.25, -0.2) is 9.78 Å². The van der Waals surface area contributed by atoms with Gasteiger partial charge in [-0.15, -0.1) is 11.3 Å². The van der Waals surface area contributed by atoms with E-state index >= 15 is 0 Å². The van der Waals surface area contributed by atoms with Gasteiger partial charge < -0.3 is 16.0 Å². The van der Waals surface area contributed by atoms with E-state index in [1.807, 2.05) is 0 Å². The summed E-state index contributed by atoms with van der Waals surface area (Å²) in [4.78, 5) is 19.8. The van der Waals surface area contributed by atoms with Crippen molar-refractivity contribution < 1.29 is 4.79 Å². The van der Waals surface area contributed by atoms with Crippen LogP contribution in [0.3, 0.4) is 0 Å². The summed E-state index contributed by atoms with van der Waals surface area (Å²) in [6.45, 7) is 2.47. The summed E-state index contributed by atoms with van der Waals surface area (Å²) in [6.07, 6.45) is 6.63. The molecule has 2 fully saturated rings. The number of nitrogens with zero attached hydrogens (tertiary/aromatic N) is 2. The van der Waals surface area contributed by atoms with Crippen molar-refractivity contribution in [3.63, 3.8) is 0 Å². The Morgan fingerprint density at radius 3 is 2.46 bits per heavy atom. The van der Waals surface area contributed by atoms with Crippen molar-refractivity contribution in [2.75, 3.05) is 23.3 Å². The lowest BCUT2D eigenvalue weighted by atomic mass is 9.76. The highest BCUT2D eigenvalue weighted by atomic mass is 79.9. The van der Waals surface area contributed by atoms with Crippen LogP contribution in [0.4, 0.5) is 15.6 Å². The Morgan fingerprint density at radius 1 is 1.09 bits per heavy atom. The molecule has 0 unspecified atom stereocenters. The summed E-state index contributed by atoms with van der Waals surface area (Å²) in [6, 6.07) is 17.1. The Labute approximate surface area is 219 Å². The number of rotatable bonds is 6. The Balaban J connectivity index is 1.17. The number of benzene rings is 2. The van der Waals surface area contributed by atoms with Gasteiger partial charge in [0.15, 0.2) is 5.13 Å². The van der Waals surface area contributed by atoms with Gasteiger partial charge in [-0.3, -0.25) is 5.32 Å². The third-order valence-electron chi connectivity index (χ3n) is 7.36. The predicted molar refractivity (Wildman–Crippen MR) is 147 cm³/mol. The lowest BCUT2D eigenvalue weighted by molar-refractivity contribution is 0.251. The maximum absolute atomic E-state index is 12.6. The summed E-state index contributed by atoms with van der Waals surface area (Å²) in [7, 11) is 0. The average Bonchev–Trinajstić information content (AvgIpc) is 3.55. The van der Waals surface area contributed by atoms with E-state index in [1.165, 1.54) is 35.4 Å². The lowest BCUT2D eigenvalue weighted by Gasteiger charge is -2.32. The number of amides is 2. The molecule has 2 amide bonds. The molecular weight excluding hydrogens is 522 g/mol. The van der Waals surface area contributed by atoms with Gasteiger partial charge in [-0.2, -0.15) is 0 Å². The number of halogens is 1. The van der Waals surface area contributed by atoms with Gasteiger partial charge in [-0.05, 0) is 61.1 Å². The molecule has 1 saturated heterocycles. The van der Waals surface area contributed by atoms with Crippen LogP contribution in [-0.2, 0) is 12.0 Å². The summed E-state index contributed by atoms with van der Waals surface area (Å²) >= 11 is 5.03. The molecule has 2 aliphatic rings. The first-order chi connectivity index (χ1) is 17.0. The molecule has 8 heteroatoms. The fraction of sp³-hybridized carbons (Fsp3) is 0.407. The molecule has 0 radical (unpaired) electrons. The number of aromatic nitrogens is 1. The molecule has 3 aromatic rings.